The molecule has 39 heavy (non-hydrogen) atoms. The summed E-state index contributed by atoms with van der Waals surface area (Å²) >= 11 is 0. The van der Waals surface area contributed by atoms with Crippen molar-refractivity contribution in [3.05, 3.63) is 76.2 Å². The molecule has 4 amide bonds. The van der Waals surface area contributed by atoms with E-state index in [4.69, 9.17) is 4.74 Å². The molecule has 9 heteroatoms. The predicted molar refractivity (Wildman–Crippen MR) is 146 cm³/mol. The number of rotatable bonds is 5. The Balaban J connectivity index is 1.44. The molecule has 202 valence electrons. The molecule has 2 bridgehead atoms. The topological polar surface area (TPSA) is 92.2 Å². The Morgan fingerprint density at radius 3 is 2.36 bits per heavy atom. The van der Waals surface area contributed by atoms with Crippen LogP contribution in [-0.2, 0) is 22.6 Å². The van der Waals surface area contributed by atoms with Crippen LogP contribution in [0.4, 0.5) is 4.79 Å². The highest BCUT2D eigenvalue weighted by molar-refractivity contribution is 6.19. The maximum Gasteiger partial charge on any atom is 0.332 e. The first-order valence-corrected chi connectivity index (χ1v) is 13.3. The van der Waals surface area contributed by atoms with Gasteiger partial charge in [0.05, 0.1) is 7.11 Å². The fourth-order valence-electron chi connectivity index (χ4n) is 6.97. The maximum atomic E-state index is 14.1. The van der Waals surface area contributed by atoms with E-state index in [1.54, 1.807) is 19.2 Å². The van der Waals surface area contributed by atoms with Crippen molar-refractivity contribution in [2.45, 2.75) is 25.3 Å². The molecule has 0 aliphatic carbocycles. The molecule has 0 radical (unpaired) electrons. The standard InChI is InChI=1S/C30H32N4O5/c1-31-27(36)30(28(37)32(2)29(31)38,14-23-22-8-5-4-7-20(22)11-12-25(23)39-3)18-33-15-19-13-21(17-33)24-9-6-10-26(35)34(24)16-19/h4-12,19,21H,13-18H2,1-3H3/t19-,21?/m1/s1. The van der Waals surface area contributed by atoms with Gasteiger partial charge >= 0.3 is 6.03 Å². The summed E-state index contributed by atoms with van der Waals surface area (Å²) in [4.78, 5) is 57.7. The highest BCUT2D eigenvalue weighted by Gasteiger charge is 2.57. The van der Waals surface area contributed by atoms with E-state index < -0.39 is 23.3 Å². The number of amides is 4. The van der Waals surface area contributed by atoms with Gasteiger partial charge in [-0.3, -0.25) is 24.2 Å². The molecule has 0 spiro atoms. The van der Waals surface area contributed by atoms with Crippen LogP contribution in [-0.4, -0.2) is 78.0 Å². The zero-order chi connectivity index (χ0) is 27.5. The van der Waals surface area contributed by atoms with Crippen molar-refractivity contribution in [1.29, 1.82) is 0 Å². The van der Waals surface area contributed by atoms with Gasteiger partial charge in [0.25, 0.3) is 5.56 Å². The number of ether oxygens (including phenoxy) is 1. The average Bonchev–Trinajstić information content (AvgIpc) is 2.94. The van der Waals surface area contributed by atoms with Gasteiger partial charge in [0.1, 0.15) is 11.2 Å². The van der Waals surface area contributed by atoms with Crippen LogP contribution in [0.2, 0.25) is 0 Å². The summed E-state index contributed by atoms with van der Waals surface area (Å²) in [5.41, 5.74) is 0.257. The Morgan fingerprint density at radius 1 is 0.872 bits per heavy atom. The number of barbiturate groups is 1. The first-order chi connectivity index (χ1) is 18.7. The Hall–Kier alpha value is -3.98. The van der Waals surface area contributed by atoms with E-state index in [2.05, 4.69) is 4.90 Å². The molecule has 9 nitrogen and oxygen atoms in total. The van der Waals surface area contributed by atoms with Crippen molar-refractivity contribution in [2.24, 2.45) is 11.3 Å². The van der Waals surface area contributed by atoms with Crippen LogP contribution in [0.15, 0.2) is 59.4 Å². The van der Waals surface area contributed by atoms with Crippen molar-refractivity contribution in [1.82, 2.24) is 19.3 Å². The molecule has 2 aromatic carbocycles. The van der Waals surface area contributed by atoms with Gasteiger partial charge in [0.2, 0.25) is 11.8 Å². The lowest BCUT2D eigenvalue weighted by atomic mass is 9.74. The molecular formula is C30H32N4O5. The molecule has 2 fully saturated rings. The van der Waals surface area contributed by atoms with E-state index in [9.17, 15) is 19.2 Å². The Labute approximate surface area is 226 Å². The number of benzene rings is 2. The number of urea groups is 1. The number of aromatic nitrogens is 1. The second kappa shape index (κ2) is 9.34. The second-order valence-corrected chi connectivity index (χ2v) is 11.1. The normalized spacial score (nSPS) is 22.8. The smallest absolute Gasteiger partial charge is 0.332 e. The average molecular weight is 529 g/mol. The predicted octanol–water partition coefficient (Wildman–Crippen LogP) is 2.71. The lowest BCUT2D eigenvalue weighted by Crippen LogP contribution is -2.67. The number of fused-ring (bicyclic) bond motifs is 5. The zero-order valence-electron chi connectivity index (χ0n) is 22.4. The van der Waals surface area contributed by atoms with Crippen LogP contribution in [0, 0.1) is 11.3 Å². The molecule has 3 aliphatic heterocycles. The van der Waals surface area contributed by atoms with Gasteiger partial charge in [-0.15, -0.1) is 0 Å². The van der Waals surface area contributed by atoms with E-state index in [-0.39, 0.29) is 30.4 Å². The number of hydrogen-bond acceptors (Lipinski definition) is 6. The van der Waals surface area contributed by atoms with E-state index in [1.807, 2.05) is 47.0 Å². The number of piperidine rings is 1. The third-order valence-corrected chi connectivity index (χ3v) is 8.75. The number of carbonyl (C=O) groups is 3. The number of imide groups is 2. The Kier molecular flexibility index (Phi) is 6.06. The van der Waals surface area contributed by atoms with Crippen LogP contribution in [0.5, 0.6) is 5.75 Å². The molecule has 6 rings (SSSR count). The van der Waals surface area contributed by atoms with Gasteiger partial charge in [0.15, 0.2) is 0 Å². The summed E-state index contributed by atoms with van der Waals surface area (Å²) in [6, 6.07) is 16.4. The lowest BCUT2D eigenvalue weighted by molar-refractivity contribution is -0.159. The molecule has 3 aliphatic rings. The van der Waals surface area contributed by atoms with Gasteiger partial charge in [0, 0.05) is 69.9 Å². The zero-order valence-corrected chi connectivity index (χ0v) is 22.4. The molecule has 0 N–H and O–H groups in total. The highest BCUT2D eigenvalue weighted by Crippen LogP contribution is 2.41. The third kappa shape index (κ3) is 3.95. The van der Waals surface area contributed by atoms with Crippen LogP contribution >= 0.6 is 0 Å². The summed E-state index contributed by atoms with van der Waals surface area (Å²) in [7, 11) is 4.46. The van der Waals surface area contributed by atoms with Crippen LogP contribution in [0.25, 0.3) is 10.8 Å². The summed E-state index contributed by atoms with van der Waals surface area (Å²) in [5, 5.41) is 1.88. The Bertz CT molecular complexity index is 1540. The molecule has 2 saturated heterocycles. The summed E-state index contributed by atoms with van der Waals surface area (Å²) in [5.74, 6) is -0.0524. The summed E-state index contributed by atoms with van der Waals surface area (Å²) in [6.45, 7) is 2.07. The van der Waals surface area contributed by atoms with Crippen LogP contribution in [0.3, 0.4) is 0 Å². The van der Waals surface area contributed by atoms with Crippen LogP contribution in [0.1, 0.15) is 23.6 Å². The second-order valence-electron chi connectivity index (χ2n) is 11.1. The van der Waals surface area contributed by atoms with Gasteiger partial charge in [-0.25, -0.2) is 4.79 Å². The first-order valence-electron chi connectivity index (χ1n) is 13.3. The third-order valence-electron chi connectivity index (χ3n) is 8.75. The first kappa shape index (κ1) is 25.3. The number of methoxy groups -OCH3 is 1. The fourth-order valence-corrected chi connectivity index (χ4v) is 6.97. The summed E-state index contributed by atoms with van der Waals surface area (Å²) in [6.07, 6.45) is 1.06. The van der Waals surface area contributed by atoms with E-state index >= 15 is 0 Å². The van der Waals surface area contributed by atoms with Crippen molar-refractivity contribution in [3.63, 3.8) is 0 Å². The minimum absolute atomic E-state index is 0.00886. The molecule has 1 aromatic heterocycles. The number of carbonyl (C=O) groups excluding carboxylic acids is 3. The molecule has 2 atom stereocenters. The lowest BCUT2D eigenvalue weighted by Gasteiger charge is -2.48. The fraction of sp³-hybridized carbons (Fsp3) is 0.400. The molecule has 3 aromatic rings. The van der Waals surface area contributed by atoms with E-state index in [0.29, 0.717) is 25.4 Å². The minimum Gasteiger partial charge on any atom is -0.496 e. The quantitative estimate of drug-likeness (QED) is 0.473. The highest BCUT2D eigenvalue weighted by atomic mass is 16.5. The number of nitrogens with zero attached hydrogens (tertiary/aromatic N) is 4. The van der Waals surface area contributed by atoms with E-state index in [0.717, 1.165) is 38.3 Å². The molecule has 4 heterocycles. The number of pyridine rings is 1. The molecule has 0 saturated carbocycles. The largest absolute Gasteiger partial charge is 0.496 e. The molecular weight excluding hydrogens is 496 g/mol. The van der Waals surface area contributed by atoms with Crippen LogP contribution < -0.4 is 10.3 Å². The van der Waals surface area contributed by atoms with Gasteiger partial charge in [-0.2, -0.15) is 0 Å². The van der Waals surface area contributed by atoms with Gasteiger partial charge in [-0.05, 0) is 35.2 Å². The Morgan fingerprint density at radius 2 is 1.62 bits per heavy atom. The van der Waals surface area contributed by atoms with E-state index in [1.165, 1.54) is 14.1 Å². The van der Waals surface area contributed by atoms with Gasteiger partial charge < -0.3 is 14.2 Å². The summed E-state index contributed by atoms with van der Waals surface area (Å²) < 4.78 is 7.59. The van der Waals surface area contributed by atoms with Crippen molar-refractivity contribution in [3.8, 4) is 5.75 Å². The SMILES string of the molecule is COc1ccc2ccccc2c1CC1(CN2CC3C[C@H](C2)Cn2c3cccc2=O)C(=O)N(C)C(=O)N(C)C1=O. The number of hydrogen-bond donors (Lipinski definition) is 0. The maximum absolute atomic E-state index is 14.1. The molecule has 1 unspecified atom stereocenters. The minimum atomic E-state index is -1.52. The van der Waals surface area contributed by atoms with Gasteiger partial charge in [-0.1, -0.05) is 36.4 Å². The van der Waals surface area contributed by atoms with Crippen molar-refractivity contribution < 1.29 is 19.1 Å². The monoisotopic (exact) mass is 528 g/mol. The van der Waals surface area contributed by atoms with Crippen molar-refractivity contribution in [2.75, 3.05) is 40.8 Å². The van der Waals surface area contributed by atoms with Crippen molar-refractivity contribution >= 4 is 28.6 Å². The number of likely N-dealkylation sites (tertiary alicyclic amines) is 1.